The van der Waals surface area contributed by atoms with Crippen LogP contribution in [0.25, 0.3) is 0 Å². The summed E-state index contributed by atoms with van der Waals surface area (Å²) in [5, 5.41) is 0.343. The van der Waals surface area contributed by atoms with Gasteiger partial charge in [0, 0.05) is 25.2 Å². The molecule has 1 fully saturated rings. The largest absolute Gasteiger partial charge is 0.384 e. The number of halogens is 1. The van der Waals surface area contributed by atoms with E-state index < -0.39 is 0 Å². The van der Waals surface area contributed by atoms with Gasteiger partial charge in [-0.15, -0.1) is 0 Å². The van der Waals surface area contributed by atoms with Crippen LogP contribution in [0.1, 0.15) is 24.3 Å². The van der Waals surface area contributed by atoms with E-state index >= 15 is 0 Å². The standard InChI is InChI=1S/C13H19ClN4O/c1-13(2)8-18(7-6-17(13)3)12(19)11-9(14)4-5-10(15)16-11/h4-5H,6-8H2,1-3H3,(H2,15,16). The number of nitrogen functional groups attached to an aromatic ring is 1. The molecule has 0 atom stereocenters. The van der Waals surface area contributed by atoms with Crippen LogP contribution in [0, 0.1) is 0 Å². The summed E-state index contributed by atoms with van der Waals surface area (Å²) >= 11 is 6.03. The number of aromatic nitrogens is 1. The van der Waals surface area contributed by atoms with Gasteiger partial charge in [-0.1, -0.05) is 11.6 Å². The van der Waals surface area contributed by atoms with Crippen molar-refractivity contribution in [2.75, 3.05) is 32.4 Å². The van der Waals surface area contributed by atoms with Gasteiger partial charge in [-0.25, -0.2) is 4.98 Å². The normalized spacial score (nSPS) is 19.5. The molecule has 1 aliphatic heterocycles. The van der Waals surface area contributed by atoms with Crippen LogP contribution >= 0.6 is 11.6 Å². The SMILES string of the molecule is CN1CCN(C(=O)c2nc(N)ccc2Cl)CC1(C)C. The summed E-state index contributed by atoms with van der Waals surface area (Å²) in [4.78, 5) is 20.6. The number of piperazine rings is 1. The van der Waals surface area contributed by atoms with Crippen LogP contribution in [-0.2, 0) is 0 Å². The predicted octanol–water partition coefficient (Wildman–Crippen LogP) is 1.48. The van der Waals surface area contributed by atoms with E-state index in [1.807, 2.05) is 0 Å². The Balaban J connectivity index is 2.23. The van der Waals surface area contributed by atoms with Gasteiger partial charge in [0.2, 0.25) is 0 Å². The Labute approximate surface area is 118 Å². The summed E-state index contributed by atoms with van der Waals surface area (Å²) in [6, 6.07) is 3.20. The molecular weight excluding hydrogens is 264 g/mol. The number of carbonyl (C=O) groups is 1. The molecule has 2 heterocycles. The number of likely N-dealkylation sites (N-methyl/N-ethyl adjacent to an activating group) is 1. The zero-order valence-corrected chi connectivity index (χ0v) is 12.2. The highest BCUT2D eigenvalue weighted by Crippen LogP contribution is 2.23. The molecule has 0 unspecified atom stereocenters. The van der Waals surface area contributed by atoms with Crippen LogP contribution < -0.4 is 5.73 Å². The molecule has 1 amide bonds. The van der Waals surface area contributed by atoms with Crippen LogP contribution in [-0.4, -0.2) is 52.9 Å². The van der Waals surface area contributed by atoms with Crippen molar-refractivity contribution in [3.63, 3.8) is 0 Å². The molecule has 104 valence electrons. The third kappa shape index (κ3) is 2.82. The fourth-order valence-electron chi connectivity index (χ4n) is 2.17. The number of pyridine rings is 1. The molecule has 1 saturated heterocycles. The topological polar surface area (TPSA) is 62.5 Å². The van der Waals surface area contributed by atoms with E-state index in [9.17, 15) is 4.79 Å². The number of nitrogens with zero attached hydrogens (tertiary/aromatic N) is 3. The molecule has 19 heavy (non-hydrogen) atoms. The Kier molecular flexibility index (Phi) is 3.69. The number of hydrogen-bond donors (Lipinski definition) is 1. The summed E-state index contributed by atoms with van der Waals surface area (Å²) in [6.45, 7) is 6.38. The summed E-state index contributed by atoms with van der Waals surface area (Å²) in [6.07, 6.45) is 0. The number of rotatable bonds is 1. The highest BCUT2D eigenvalue weighted by molar-refractivity contribution is 6.33. The molecule has 0 bridgehead atoms. The third-order valence-corrected chi connectivity index (χ3v) is 3.98. The van der Waals surface area contributed by atoms with Gasteiger partial charge in [0.15, 0.2) is 0 Å². The molecule has 6 heteroatoms. The van der Waals surface area contributed by atoms with Crippen molar-refractivity contribution in [3.8, 4) is 0 Å². The minimum atomic E-state index is -0.154. The number of hydrogen-bond acceptors (Lipinski definition) is 4. The van der Waals surface area contributed by atoms with E-state index in [1.54, 1.807) is 17.0 Å². The fourth-order valence-corrected chi connectivity index (χ4v) is 2.36. The molecule has 0 saturated carbocycles. The number of anilines is 1. The first-order valence-corrected chi connectivity index (χ1v) is 6.61. The van der Waals surface area contributed by atoms with Gasteiger partial charge in [-0.3, -0.25) is 9.69 Å². The first-order chi connectivity index (χ1) is 8.81. The molecule has 0 spiro atoms. The quantitative estimate of drug-likeness (QED) is 0.848. The lowest BCUT2D eigenvalue weighted by Crippen LogP contribution is -2.59. The second kappa shape index (κ2) is 4.98. The molecule has 5 nitrogen and oxygen atoms in total. The fraction of sp³-hybridized carbons (Fsp3) is 0.538. The monoisotopic (exact) mass is 282 g/mol. The van der Waals surface area contributed by atoms with E-state index in [-0.39, 0.29) is 17.1 Å². The second-order valence-corrected chi connectivity index (χ2v) is 5.93. The molecule has 1 aromatic rings. The van der Waals surface area contributed by atoms with Crippen LogP contribution in [0.5, 0.6) is 0 Å². The van der Waals surface area contributed by atoms with Crippen LogP contribution in [0.2, 0.25) is 5.02 Å². The van der Waals surface area contributed by atoms with Crippen molar-refractivity contribution in [2.45, 2.75) is 19.4 Å². The number of carbonyl (C=O) groups excluding carboxylic acids is 1. The minimum Gasteiger partial charge on any atom is -0.384 e. The Morgan fingerprint density at radius 2 is 2.11 bits per heavy atom. The molecular formula is C13H19ClN4O. The average Bonchev–Trinajstić information content (AvgIpc) is 2.35. The summed E-state index contributed by atoms with van der Waals surface area (Å²) in [7, 11) is 2.06. The van der Waals surface area contributed by atoms with Crippen molar-refractivity contribution in [1.29, 1.82) is 0 Å². The van der Waals surface area contributed by atoms with E-state index in [2.05, 4.69) is 30.8 Å². The van der Waals surface area contributed by atoms with Gasteiger partial charge >= 0.3 is 0 Å². The maximum Gasteiger partial charge on any atom is 0.274 e. The average molecular weight is 283 g/mol. The first kappa shape index (κ1) is 14.1. The van der Waals surface area contributed by atoms with Crippen LogP contribution in [0.3, 0.4) is 0 Å². The van der Waals surface area contributed by atoms with E-state index in [1.165, 1.54) is 0 Å². The molecule has 0 aliphatic carbocycles. The summed E-state index contributed by atoms with van der Waals surface area (Å²) < 4.78 is 0. The summed E-state index contributed by atoms with van der Waals surface area (Å²) in [5.74, 6) is 0.152. The van der Waals surface area contributed by atoms with Gasteiger partial charge in [-0.2, -0.15) is 0 Å². The van der Waals surface area contributed by atoms with E-state index in [0.29, 0.717) is 23.9 Å². The van der Waals surface area contributed by atoms with Crippen molar-refractivity contribution < 1.29 is 4.79 Å². The maximum atomic E-state index is 12.5. The Hall–Kier alpha value is -1.33. The number of amides is 1. The second-order valence-electron chi connectivity index (χ2n) is 5.53. The van der Waals surface area contributed by atoms with Gasteiger partial charge in [0.05, 0.1) is 5.02 Å². The molecule has 0 radical (unpaired) electrons. The lowest BCUT2D eigenvalue weighted by Gasteiger charge is -2.45. The van der Waals surface area contributed by atoms with Crippen LogP contribution in [0.4, 0.5) is 5.82 Å². The van der Waals surface area contributed by atoms with Crippen LogP contribution in [0.15, 0.2) is 12.1 Å². The predicted molar refractivity (Wildman–Crippen MR) is 76.3 cm³/mol. The molecule has 1 aromatic heterocycles. The lowest BCUT2D eigenvalue weighted by molar-refractivity contribution is 0.0307. The Bertz CT molecular complexity index is 503. The van der Waals surface area contributed by atoms with Crippen molar-refractivity contribution in [3.05, 3.63) is 22.8 Å². The molecule has 2 rings (SSSR count). The number of nitrogens with two attached hydrogens (primary N) is 1. The lowest BCUT2D eigenvalue weighted by atomic mass is 9.99. The molecule has 0 aromatic carbocycles. The Morgan fingerprint density at radius 3 is 2.74 bits per heavy atom. The highest BCUT2D eigenvalue weighted by Gasteiger charge is 2.34. The van der Waals surface area contributed by atoms with Gasteiger partial charge in [0.1, 0.15) is 11.5 Å². The van der Waals surface area contributed by atoms with Gasteiger partial charge in [0.25, 0.3) is 5.91 Å². The van der Waals surface area contributed by atoms with Crippen molar-refractivity contribution in [1.82, 2.24) is 14.8 Å². The highest BCUT2D eigenvalue weighted by atomic mass is 35.5. The zero-order valence-electron chi connectivity index (χ0n) is 11.5. The maximum absolute atomic E-state index is 12.5. The zero-order chi connectivity index (χ0) is 14.2. The third-order valence-electron chi connectivity index (χ3n) is 3.67. The smallest absolute Gasteiger partial charge is 0.274 e. The van der Waals surface area contributed by atoms with E-state index in [0.717, 1.165) is 6.54 Å². The molecule has 2 N–H and O–H groups in total. The van der Waals surface area contributed by atoms with Crippen molar-refractivity contribution >= 4 is 23.3 Å². The van der Waals surface area contributed by atoms with Gasteiger partial charge < -0.3 is 10.6 Å². The van der Waals surface area contributed by atoms with Gasteiger partial charge in [-0.05, 0) is 33.0 Å². The van der Waals surface area contributed by atoms with Crippen molar-refractivity contribution in [2.24, 2.45) is 0 Å². The summed E-state index contributed by atoms with van der Waals surface area (Å²) in [5.41, 5.74) is 5.80. The minimum absolute atomic E-state index is 0.0549. The first-order valence-electron chi connectivity index (χ1n) is 6.24. The van der Waals surface area contributed by atoms with E-state index in [4.69, 9.17) is 17.3 Å². The molecule has 1 aliphatic rings. The Morgan fingerprint density at radius 1 is 1.42 bits per heavy atom.